The molecule has 0 unspecified atom stereocenters. The number of nitrogens with zero attached hydrogens (tertiary/aromatic N) is 4. The van der Waals surface area contributed by atoms with E-state index in [0.29, 0.717) is 18.9 Å². The first kappa shape index (κ1) is 11.8. The average molecular weight is 258 g/mol. The molecule has 0 spiro atoms. The monoisotopic (exact) mass is 258 g/mol. The molecule has 2 heterocycles. The molecule has 0 bridgehead atoms. The third kappa shape index (κ3) is 2.47. The number of Topliss-reactive ketones (excluding diaryl/α,β-unsaturated/α-hetero) is 1. The van der Waals surface area contributed by atoms with Crippen LogP contribution in [0.5, 0.6) is 5.88 Å². The maximum absolute atomic E-state index is 11.7. The normalized spacial score (nSPS) is 14.3. The number of fused-ring (bicyclic) bond motifs is 1. The zero-order chi connectivity index (χ0) is 13.2. The molecule has 1 aliphatic rings. The second kappa shape index (κ2) is 4.79. The fourth-order valence-corrected chi connectivity index (χ4v) is 2.16. The van der Waals surface area contributed by atoms with Gasteiger partial charge in [-0.05, 0) is 18.9 Å². The lowest BCUT2D eigenvalue weighted by atomic mass is 9.95. The van der Waals surface area contributed by atoms with Gasteiger partial charge in [-0.15, -0.1) is 0 Å². The number of rotatable bonds is 3. The lowest BCUT2D eigenvalue weighted by Gasteiger charge is -2.14. The van der Waals surface area contributed by atoms with Gasteiger partial charge in [0.2, 0.25) is 5.88 Å². The molecular formula is C13H14N4O2. The van der Waals surface area contributed by atoms with E-state index < -0.39 is 0 Å². The number of hydrogen-bond acceptors (Lipinski definition) is 5. The zero-order valence-corrected chi connectivity index (χ0v) is 10.7. The van der Waals surface area contributed by atoms with Gasteiger partial charge in [0.05, 0.1) is 11.9 Å². The van der Waals surface area contributed by atoms with E-state index in [1.54, 1.807) is 25.4 Å². The summed E-state index contributed by atoms with van der Waals surface area (Å²) < 4.78 is 5.57. The summed E-state index contributed by atoms with van der Waals surface area (Å²) in [5.74, 6) is 0.702. The predicted octanol–water partition coefficient (Wildman–Crippen LogP) is 1.31. The summed E-state index contributed by atoms with van der Waals surface area (Å²) in [6.07, 6.45) is 3.98. The SMILES string of the molecule is Cn1ncc(COc2ccc3c(n2)CCCC3=O)n1. The van der Waals surface area contributed by atoms with Crippen LogP contribution in [0, 0.1) is 0 Å². The lowest BCUT2D eigenvalue weighted by molar-refractivity contribution is 0.0971. The Morgan fingerprint density at radius 3 is 3.05 bits per heavy atom. The van der Waals surface area contributed by atoms with Crippen LogP contribution in [0.1, 0.15) is 34.6 Å². The molecule has 0 radical (unpaired) electrons. The van der Waals surface area contributed by atoms with E-state index in [1.807, 2.05) is 0 Å². The number of carbonyl (C=O) groups is 1. The Balaban J connectivity index is 1.73. The number of hydrogen-bond donors (Lipinski definition) is 0. The standard InChI is InChI=1S/C13H14N4O2/c1-17-14-7-9(16-17)8-19-13-6-5-10-11(15-13)3-2-4-12(10)18/h5-7H,2-4,8H2,1H3. The van der Waals surface area contributed by atoms with Crippen molar-refractivity contribution < 1.29 is 9.53 Å². The van der Waals surface area contributed by atoms with E-state index in [-0.39, 0.29) is 5.78 Å². The van der Waals surface area contributed by atoms with Crippen molar-refractivity contribution in [1.82, 2.24) is 20.0 Å². The van der Waals surface area contributed by atoms with E-state index in [1.165, 1.54) is 4.80 Å². The Kier molecular flexibility index (Phi) is 2.98. The first-order valence-corrected chi connectivity index (χ1v) is 6.23. The van der Waals surface area contributed by atoms with E-state index in [0.717, 1.165) is 29.8 Å². The molecule has 0 aliphatic heterocycles. The zero-order valence-electron chi connectivity index (χ0n) is 10.7. The van der Waals surface area contributed by atoms with Gasteiger partial charge in [-0.25, -0.2) is 4.98 Å². The third-order valence-electron chi connectivity index (χ3n) is 3.08. The van der Waals surface area contributed by atoms with Crippen LogP contribution in [0.4, 0.5) is 0 Å². The van der Waals surface area contributed by atoms with Gasteiger partial charge in [-0.1, -0.05) is 0 Å². The topological polar surface area (TPSA) is 69.9 Å². The molecule has 98 valence electrons. The fraction of sp³-hybridized carbons (Fsp3) is 0.385. The number of pyridine rings is 1. The van der Waals surface area contributed by atoms with Gasteiger partial charge < -0.3 is 4.74 Å². The van der Waals surface area contributed by atoms with Gasteiger partial charge in [0, 0.05) is 25.1 Å². The Hall–Kier alpha value is -2.24. The van der Waals surface area contributed by atoms with Crippen molar-refractivity contribution in [3.8, 4) is 5.88 Å². The lowest BCUT2D eigenvalue weighted by Crippen LogP contribution is -2.13. The second-order valence-electron chi connectivity index (χ2n) is 4.53. The highest BCUT2D eigenvalue weighted by atomic mass is 16.5. The first-order valence-electron chi connectivity index (χ1n) is 6.23. The van der Waals surface area contributed by atoms with Crippen molar-refractivity contribution in [1.29, 1.82) is 0 Å². The largest absolute Gasteiger partial charge is 0.471 e. The molecule has 0 aromatic carbocycles. The van der Waals surface area contributed by atoms with E-state index in [2.05, 4.69) is 15.2 Å². The van der Waals surface area contributed by atoms with Gasteiger partial charge >= 0.3 is 0 Å². The number of ketones is 1. The molecule has 0 N–H and O–H groups in total. The van der Waals surface area contributed by atoms with Gasteiger partial charge in [-0.3, -0.25) is 4.79 Å². The molecule has 1 aliphatic carbocycles. The molecule has 3 rings (SSSR count). The third-order valence-corrected chi connectivity index (χ3v) is 3.08. The van der Waals surface area contributed by atoms with Gasteiger partial charge in [0.25, 0.3) is 0 Å². The Bertz CT molecular complexity index is 621. The molecular weight excluding hydrogens is 244 g/mol. The van der Waals surface area contributed by atoms with E-state index >= 15 is 0 Å². The second-order valence-corrected chi connectivity index (χ2v) is 4.53. The highest BCUT2D eigenvalue weighted by Gasteiger charge is 2.18. The maximum Gasteiger partial charge on any atom is 0.213 e. The molecule has 0 atom stereocenters. The molecule has 2 aromatic rings. The van der Waals surface area contributed by atoms with Crippen molar-refractivity contribution in [3.63, 3.8) is 0 Å². The highest BCUT2D eigenvalue weighted by Crippen LogP contribution is 2.22. The Labute approximate surface area is 110 Å². The van der Waals surface area contributed by atoms with Crippen molar-refractivity contribution in [2.45, 2.75) is 25.9 Å². The van der Waals surface area contributed by atoms with E-state index in [4.69, 9.17) is 4.74 Å². The molecule has 6 heteroatoms. The van der Waals surface area contributed by atoms with Crippen molar-refractivity contribution in [2.75, 3.05) is 0 Å². The van der Waals surface area contributed by atoms with Crippen LogP contribution in [-0.4, -0.2) is 25.8 Å². The summed E-state index contributed by atoms with van der Waals surface area (Å²) in [7, 11) is 1.76. The van der Waals surface area contributed by atoms with Crippen LogP contribution >= 0.6 is 0 Å². The van der Waals surface area contributed by atoms with Crippen LogP contribution in [0.15, 0.2) is 18.3 Å². The summed E-state index contributed by atoms with van der Waals surface area (Å²) in [4.78, 5) is 17.5. The Morgan fingerprint density at radius 2 is 2.26 bits per heavy atom. The minimum atomic E-state index is 0.175. The van der Waals surface area contributed by atoms with Gasteiger partial charge in [-0.2, -0.15) is 15.0 Å². The molecule has 0 saturated carbocycles. The average Bonchev–Trinajstić information content (AvgIpc) is 2.82. The number of aryl methyl sites for hydroxylation is 2. The summed E-state index contributed by atoms with van der Waals surface area (Å²) in [6.45, 7) is 0.327. The molecule has 0 amide bonds. The number of ether oxygens (including phenoxy) is 1. The van der Waals surface area contributed by atoms with E-state index in [9.17, 15) is 4.79 Å². The van der Waals surface area contributed by atoms with Crippen LogP contribution in [0.3, 0.4) is 0 Å². The summed E-state index contributed by atoms with van der Waals surface area (Å²) in [5, 5.41) is 8.09. The molecule has 2 aromatic heterocycles. The summed E-state index contributed by atoms with van der Waals surface area (Å²) in [5.41, 5.74) is 2.32. The van der Waals surface area contributed by atoms with Crippen molar-refractivity contribution >= 4 is 5.78 Å². The van der Waals surface area contributed by atoms with Crippen molar-refractivity contribution in [3.05, 3.63) is 35.3 Å². The number of aromatic nitrogens is 4. The maximum atomic E-state index is 11.7. The van der Waals surface area contributed by atoms with Crippen LogP contribution in [-0.2, 0) is 20.1 Å². The smallest absolute Gasteiger partial charge is 0.213 e. The molecule has 19 heavy (non-hydrogen) atoms. The minimum Gasteiger partial charge on any atom is -0.471 e. The summed E-state index contributed by atoms with van der Waals surface area (Å²) in [6, 6.07) is 3.54. The Morgan fingerprint density at radius 1 is 1.37 bits per heavy atom. The minimum absolute atomic E-state index is 0.175. The molecule has 0 fully saturated rings. The van der Waals surface area contributed by atoms with Crippen LogP contribution in [0.25, 0.3) is 0 Å². The number of carbonyl (C=O) groups excluding carboxylic acids is 1. The summed E-state index contributed by atoms with van der Waals surface area (Å²) >= 11 is 0. The van der Waals surface area contributed by atoms with Crippen LogP contribution < -0.4 is 4.74 Å². The highest BCUT2D eigenvalue weighted by molar-refractivity contribution is 5.98. The molecule has 6 nitrogen and oxygen atoms in total. The quantitative estimate of drug-likeness (QED) is 0.830. The van der Waals surface area contributed by atoms with Crippen molar-refractivity contribution in [2.24, 2.45) is 7.05 Å². The predicted molar refractivity (Wildman–Crippen MR) is 66.8 cm³/mol. The molecule has 0 saturated heterocycles. The van der Waals surface area contributed by atoms with Gasteiger partial charge in [0.1, 0.15) is 12.3 Å². The van der Waals surface area contributed by atoms with Gasteiger partial charge in [0.15, 0.2) is 5.78 Å². The first-order chi connectivity index (χ1) is 9.22. The van der Waals surface area contributed by atoms with Crippen LogP contribution in [0.2, 0.25) is 0 Å². The fourth-order valence-electron chi connectivity index (χ4n) is 2.16.